The minimum absolute atomic E-state index is 0.0352. The Balaban J connectivity index is 1.66. The predicted molar refractivity (Wildman–Crippen MR) is 113 cm³/mol. The maximum absolute atomic E-state index is 12.9. The van der Waals surface area contributed by atoms with E-state index in [-0.39, 0.29) is 42.4 Å². The number of benzene rings is 2. The summed E-state index contributed by atoms with van der Waals surface area (Å²) in [7, 11) is -0.735. The number of hydrogen-bond acceptors (Lipinski definition) is 7. The Labute approximate surface area is 181 Å². The standard InChI is InChI=1S/C21H26N2O7S/c1-27-16-4-3-5-17(14-16)30-11-8-22-21(24)19-15-18(6-7-20(19)28-2)31(25,26)23-9-12-29-13-10-23/h3-7,14-15H,8-13H2,1-2H3,(H,22,24). The zero-order valence-electron chi connectivity index (χ0n) is 17.5. The molecule has 2 aromatic rings. The molecule has 0 unspecified atom stereocenters. The van der Waals surface area contributed by atoms with Crippen molar-refractivity contribution in [3.05, 3.63) is 48.0 Å². The number of ether oxygens (including phenoxy) is 4. The molecule has 2 aromatic carbocycles. The van der Waals surface area contributed by atoms with E-state index in [1.165, 1.54) is 29.6 Å². The lowest BCUT2D eigenvalue weighted by atomic mass is 10.2. The van der Waals surface area contributed by atoms with Gasteiger partial charge in [-0.05, 0) is 30.3 Å². The van der Waals surface area contributed by atoms with Gasteiger partial charge in [0.2, 0.25) is 10.0 Å². The molecule has 0 aliphatic carbocycles. The van der Waals surface area contributed by atoms with Crippen molar-refractivity contribution in [3.63, 3.8) is 0 Å². The Morgan fingerprint density at radius 1 is 1.06 bits per heavy atom. The van der Waals surface area contributed by atoms with Crippen LogP contribution in [0, 0.1) is 0 Å². The molecule has 0 saturated carbocycles. The number of hydrogen-bond donors (Lipinski definition) is 1. The summed E-state index contributed by atoms with van der Waals surface area (Å²) < 4.78 is 48.4. The summed E-state index contributed by atoms with van der Waals surface area (Å²) in [4.78, 5) is 12.7. The highest BCUT2D eigenvalue weighted by molar-refractivity contribution is 7.89. The van der Waals surface area contributed by atoms with Crippen LogP contribution in [-0.4, -0.2) is 72.3 Å². The quantitative estimate of drug-likeness (QED) is 0.578. The van der Waals surface area contributed by atoms with Gasteiger partial charge in [-0.3, -0.25) is 4.79 Å². The van der Waals surface area contributed by atoms with E-state index >= 15 is 0 Å². The fourth-order valence-corrected chi connectivity index (χ4v) is 4.52. The van der Waals surface area contributed by atoms with Crippen molar-refractivity contribution in [2.45, 2.75) is 4.90 Å². The maximum Gasteiger partial charge on any atom is 0.255 e. The number of nitrogens with zero attached hydrogens (tertiary/aromatic N) is 1. The molecule has 168 valence electrons. The average Bonchev–Trinajstić information content (AvgIpc) is 2.82. The van der Waals surface area contributed by atoms with Crippen LogP contribution in [0.1, 0.15) is 10.4 Å². The number of nitrogens with one attached hydrogen (secondary N) is 1. The summed E-state index contributed by atoms with van der Waals surface area (Å²) in [6.45, 7) is 1.69. The highest BCUT2D eigenvalue weighted by Gasteiger charge is 2.28. The number of sulfonamides is 1. The van der Waals surface area contributed by atoms with Gasteiger partial charge in [0.1, 0.15) is 23.9 Å². The van der Waals surface area contributed by atoms with Crippen LogP contribution in [-0.2, 0) is 14.8 Å². The number of morpholine rings is 1. The monoisotopic (exact) mass is 450 g/mol. The van der Waals surface area contributed by atoms with Gasteiger partial charge < -0.3 is 24.3 Å². The molecular weight excluding hydrogens is 424 g/mol. The normalized spacial score (nSPS) is 14.6. The molecule has 9 nitrogen and oxygen atoms in total. The second kappa shape index (κ2) is 10.5. The zero-order valence-corrected chi connectivity index (χ0v) is 18.3. The van der Waals surface area contributed by atoms with Gasteiger partial charge in [0.05, 0.1) is 44.4 Å². The van der Waals surface area contributed by atoms with Gasteiger partial charge in [-0.25, -0.2) is 8.42 Å². The number of amides is 1. The summed E-state index contributed by atoms with van der Waals surface area (Å²) in [5.41, 5.74) is 0.137. The Hall–Kier alpha value is -2.82. The maximum atomic E-state index is 12.9. The van der Waals surface area contributed by atoms with Crippen LogP contribution in [0.5, 0.6) is 17.2 Å². The molecule has 1 heterocycles. The Kier molecular flexibility index (Phi) is 7.72. The van der Waals surface area contributed by atoms with E-state index in [9.17, 15) is 13.2 Å². The van der Waals surface area contributed by atoms with Crippen molar-refractivity contribution in [2.24, 2.45) is 0 Å². The molecule has 3 rings (SSSR count). The molecule has 1 fully saturated rings. The first kappa shape index (κ1) is 22.9. The van der Waals surface area contributed by atoms with Crippen molar-refractivity contribution in [1.29, 1.82) is 0 Å². The zero-order chi connectivity index (χ0) is 22.3. The summed E-state index contributed by atoms with van der Waals surface area (Å²) in [6, 6.07) is 11.4. The van der Waals surface area contributed by atoms with E-state index in [4.69, 9.17) is 18.9 Å². The van der Waals surface area contributed by atoms with Gasteiger partial charge in [-0.15, -0.1) is 0 Å². The smallest absolute Gasteiger partial charge is 0.255 e. The van der Waals surface area contributed by atoms with Gasteiger partial charge in [0.25, 0.3) is 5.91 Å². The highest BCUT2D eigenvalue weighted by Crippen LogP contribution is 2.25. The van der Waals surface area contributed by atoms with Crippen LogP contribution in [0.3, 0.4) is 0 Å². The van der Waals surface area contributed by atoms with Gasteiger partial charge >= 0.3 is 0 Å². The van der Waals surface area contributed by atoms with E-state index in [0.29, 0.717) is 24.7 Å². The highest BCUT2D eigenvalue weighted by atomic mass is 32.2. The second-order valence-electron chi connectivity index (χ2n) is 6.66. The summed E-state index contributed by atoms with van der Waals surface area (Å²) >= 11 is 0. The lowest BCUT2D eigenvalue weighted by molar-refractivity contribution is 0.0730. The SMILES string of the molecule is COc1cccc(OCCNC(=O)c2cc(S(=O)(=O)N3CCOCC3)ccc2OC)c1. The molecule has 1 amide bonds. The lowest BCUT2D eigenvalue weighted by Crippen LogP contribution is -2.40. The molecule has 1 aliphatic heterocycles. The van der Waals surface area contributed by atoms with Crippen LogP contribution in [0.25, 0.3) is 0 Å². The Morgan fingerprint density at radius 3 is 2.52 bits per heavy atom. The Bertz CT molecular complexity index is 1000. The molecule has 1 aliphatic rings. The van der Waals surface area contributed by atoms with Crippen molar-refractivity contribution in [2.75, 3.05) is 53.7 Å². The molecule has 10 heteroatoms. The van der Waals surface area contributed by atoms with Crippen molar-refractivity contribution in [1.82, 2.24) is 9.62 Å². The largest absolute Gasteiger partial charge is 0.497 e. The lowest BCUT2D eigenvalue weighted by Gasteiger charge is -2.26. The van der Waals surface area contributed by atoms with Gasteiger partial charge in [-0.2, -0.15) is 4.31 Å². The van der Waals surface area contributed by atoms with E-state index in [0.717, 1.165) is 0 Å². The Morgan fingerprint density at radius 2 is 1.81 bits per heavy atom. The first-order chi connectivity index (χ1) is 15.0. The van der Waals surface area contributed by atoms with E-state index < -0.39 is 15.9 Å². The number of carbonyl (C=O) groups is 1. The molecule has 0 spiro atoms. The fourth-order valence-electron chi connectivity index (χ4n) is 3.08. The van der Waals surface area contributed by atoms with Gasteiger partial charge in [-0.1, -0.05) is 6.07 Å². The number of rotatable bonds is 9. The third kappa shape index (κ3) is 5.66. The summed E-state index contributed by atoms with van der Waals surface area (Å²) in [6.07, 6.45) is 0. The van der Waals surface area contributed by atoms with E-state index in [2.05, 4.69) is 5.32 Å². The topological polar surface area (TPSA) is 103 Å². The summed E-state index contributed by atoms with van der Waals surface area (Å²) in [5, 5.41) is 2.73. The molecule has 0 atom stereocenters. The minimum Gasteiger partial charge on any atom is -0.497 e. The average molecular weight is 451 g/mol. The molecule has 0 bridgehead atoms. The fraction of sp³-hybridized carbons (Fsp3) is 0.381. The van der Waals surface area contributed by atoms with Crippen LogP contribution in [0.4, 0.5) is 0 Å². The second-order valence-corrected chi connectivity index (χ2v) is 8.60. The van der Waals surface area contributed by atoms with E-state index in [1.807, 2.05) is 0 Å². The number of methoxy groups -OCH3 is 2. The van der Waals surface area contributed by atoms with E-state index in [1.54, 1.807) is 31.4 Å². The van der Waals surface area contributed by atoms with Crippen molar-refractivity contribution in [3.8, 4) is 17.2 Å². The molecule has 0 aromatic heterocycles. The third-order valence-electron chi connectivity index (χ3n) is 4.72. The van der Waals surface area contributed by atoms with Crippen molar-refractivity contribution < 1.29 is 32.2 Å². The predicted octanol–water partition coefficient (Wildman–Crippen LogP) is 1.53. The molecular formula is C21H26N2O7S. The molecule has 1 N–H and O–H groups in total. The van der Waals surface area contributed by atoms with Crippen LogP contribution in [0.2, 0.25) is 0 Å². The van der Waals surface area contributed by atoms with Crippen LogP contribution >= 0.6 is 0 Å². The molecule has 31 heavy (non-hydrogen) atoms. The van der Waals surface area contributed by atoms with Crippen LogP contribution in [0.15, 0.2) is 47.4 Å². The summed E-state index contributed by atoms with van der Waals surface area (Å²) in [5.74, 6) is 1.12. The van der Waals surface area contributed by atoms with Gasteiger partial charge in [0, 0.05) is 19.2 Å². The number of carbonyl (C=O) groups excluding carboxylic acids is 1. The van der Waals surface area contributed by atoms with Gasteiger partial charge in [0.15, 0.2) is 0 Å². The minimum atomic E-state index is -3.73. The van der Waals surface area contributed by atoms with Crippen molar-refractivity contribution >= 4 is 15.9 Å². The third-order valence-corrected chi connectivity index (χ3v) is 6.62. The molecule has 0 radical (unpaired) electrons. The van der Waals surface area contributed by atoms with Crippen LogP contribution < -0.4 is 19.5 Å². The first-order valence-corrected chi connectivity index (χ1v) is 11.2. The first-order valence-electron chi connectivity index (χ1n) is 9.76. The molecule has 1 saturated heterocycles.